The van der Waals surface area contributed by atoms with Crippen molar-refractivity contribution in [1.29, 1.82) is 0 Å². The van der Waals surface area contributed by atoms with Crippen LogP contribution in [0.25, 0.3) is 0 Å². The molecule has 0 aromatic heterocycles. The molecular weight excluding hydrogens is 392 g/mol. The lowest BCUT2D eigenvalue weighted by atomic mass is 10.1. The second kappa shape index (κ2) is 9.50. The van der Waals surface area contributed by atoms with E-state index in [0.29, 0.717) is 12.1 Å². The highest BCUT2D eigenvalue weighted by Gasteiger charge is 2.12. The summed E-state index contributed by atoms with van der Waals surface area (Å²) in [7, 11) is 1.83. The molecule has 1 heterocycles. The zero-order chi connectivity index (χ0) is 20.8. The average molecular weight is 417 g/mol. The summed E-state index contributed by atoms with van der Waals surface area (Å²) in [5.74, 6) is 0.849. The van der Waals surface area contributed by atoms with Gasteiger partial charge in [0.15, 0.2) is 5.96 Å². The van der Waals surface area contributed by atoms with Crippen molar-refractivity contribution in [3.8, 4) is 0 Å². The Bertz CT molecular complexity index is 1020. The smallest absolute Gasteiger partial charge is 0.253 e. The number of guanidine groups is 1. The van der Waals surface area contributed by atoms with E-state index in [1.165, 1.54) is 0 Å². The number of amides is 1. The van der Waals surface area contributed by atoms with Crippen molar-refractivity contribution in [2.24, 2.45) is 4.99 Å². The Morgan fingerprint density at radius 1 is 1.00 bits per heavy atom. The molecule has 0 unspecified atom stereocenters. The standard InChI is InChI=1S/C24H24N4OS/c1-28(17-18-5-3-2-4-6-18)23(29)19-7-11-21(12-8-19)30-22-13-9-20(10-14-22)27-24-25-15-16-26-24/h2-14H,15-17H2,1H3,(H2,25,26,27). The van der Waals surface area contributed by atoms with Crippen molar-refractivity contribution in [2.75, 3.05) is 25.5 Å². The number of carbonyl (C=O) groups excluding carboxylic acids is 1. The molecule has 3 aromatic rings. The van der Waals surface area contributed by atoms with Crippen LogP contribution >= 0.6 is 11.8 Å². The largest absolute Gasteiger partial charge is 0.354 e. The topological polar surface area (TPSA) is 56.7 Å². The van der Waals surface area contributed by atoms with Crippen LogP contribution in [0.3, 0.4) is 0 Å². The SMILES string of the molecule is CN(Cc1ccccc1)C(=O)c1ccc(Sc2ccc(NC3=NCCN3)cc2)cc1. The van der Waals surface area contributed by atoms with E-state index in [9.17, 15) is 4.79 Å². The third kappa shape index (κ3) is 5.21. The monoisotopic (exact) mass is 416 g/mol. The van der Waals surface area contributed by atoms with Crippen LogP contribution in [0.1, 0.15) is 15.9 Å². The Morgan fingerprint density at radius 3 is 2.30 bits per heavy atom. The van der Waals surface area contributed by atoms with Gasteiger partial charge in [-0.15, -0.1) is 0 Å². The van der Waals surface area contributed by atoms with Gasteiger partial charge in [0.2, 0.25) is 0 Å². The normalized spacial score (nSPS) is 12.8. The fourth-order valence-electron chi connectivity index (χ4n) is 3.18. The lowest BCUT2D eigenvalue weighted by molar-refractivity contribution is 0.0785. The van der Waals surface area contributed by atoms with Gasteiger partial charge in [-0.2, -0.15) is 0 Å². The van der Waals surface area contributed by atoms with E-state index in [1.54, 1.807) is 16.7 Å². The highest BCUT2D eigenvalue weighted by molar-refractivity contribution is 7.99. The van der Waals surface area contributed by atoms with Gasteiger partial charge in [-0.05, 0) is 54.1 Å². The Labute approximate surface area is 181 Å². The molecule has 4 rings (SSSR count). The number of benzene rings is 3. The van der Waals surface area contributed by atoms with E-state index >= 15 is 0 Å². The maximum absolute atomic E-state index is 12.7. The number of nitrogens with zero attached hydrogens (tertiary/aromatic N) is 2. The predicted octanol–water partition coefficient (Wildman–Crippen LogP) is 4.48. The average Bonchev–Trinajstić information content (AvgIpc) is 3.29. The molecule has 3 aromatic carbocycles. The molecule has 0 saturated carbocycles. The molecule has 5 nitrogen and oxygen atoms in total. The van der Waals surface area contributed by atoms with Crippen LogP contribution < -0.4 is 10.6 Å². The molecule has 0 fully saturated rings. The fraction of sp³-hybridized carbons (Fsp3) is 0.167. The van der Waals surface area contributed by atoms with Gasteiger partial charge in [0.05, 0.1) is 6.54 Å². The second-order valence-electron chi connectivity index (χ2n) is 7.08. The molecule has 152 valence electrons. The van der Waals surface area contributed by atoms with Crippen molar-refractivity contribution in [3.05, 3.63) is 90.0 Å². The Morgan fingerprint density at radius 2 is 1.67 bits per heavy atom. The van der Waals surface area contributed by atoms with Crippen molar-refractivity contribution in [2.45, 2.75) is 16.3 Å². The van der Waals surface area contributed by atoms with Crippen LogP contribution in [0.4, 0.5) is 5.69 Å². The van der Waals surface area contributed by atoms with Crippen molar-refractivity contribution in [3.63, 3.8) is 0 Å². The maximum Gasteiger partial charge on any atom is 0.253 e. The minimum absolute atomic E-state index is 0.0225. The van der Waals surface area contributed by atoms with Crippen LogP contribution in [0.2, 0.25) is 0 Å². The minimum Gasteiger partial charge on any atom is -0.354 e. The summed E-state index contributed by atoms with van der Waals surface area (Å²) in [6.07, 6.45) is 0. The van der Waals surface area contributed by atoms with Gasteiger partial charge in [0, 0.05) is 41.2 Å². The molecule has 0 saturated heterocycles. The quantitative estimate of drug-likeness (QED) is 0.622. The number of hydrogen-bond donors (Lipinski definition) is 2. The molecule has 0 bridgehead atoms. The van der Waals surface area contributed by atoms with Crippen LogP contribution in [-0.4, -0.2) is 36.9 Å². The van der Waals surface area contributed by atoms with Gasteiger partial charge < -0.3 is 15.5 Å². The highest BCUT2D eigenvalue weighted by atomic mass is 32.2. The van der Waals surface area contributed by atoms with Gasteiger partial charge in [-0.25, -0.2) is 0 Å². The van der Waals surface area contributed by atoms with Crippen molar-refractivity contribution < 1.29 is 4.79 Å². The second-order valence-corrected chi connectivity index (χ2v) is 8.23. The van der Waals surface area contributed by atoms with E-state index in [4.69, 9.17) is 0 Å². The molecule has 2 N–H and O–H groups in total. The number of anilines is 1. The summed E-state index contributed by atoms with van der Waals surface area (Å²) >= 11 is 1.67. The third-order valence-electron chi connectivity index (χ3n) is 4.74. The van der Waals surface area contributed by atoms with Crippen molar-refractivity contribution >= 4 is 29.3 Å². The van der Waals surface area contributed by atoms with E-state index in [0.717, 1.165) is 40.1 Å². The Kier molecular flexibility index (Phi) is 6.35. The lowest BCUT2D eigenvalue weighted by Gasteiger charge is -2.17. The van der Waals surface area contributed by atoms with Gasteiger partial charge in [-0.3, -0.25) is 9.79 Å². The predicted molar refractivity (Wildman–Crippen MR) is 123 cm³/mol. The number of rotatable bonds is 6. The molecule has 1 aliphatic rings. The summed E-state index contributed by atoms with van der Waals surface area (Å²) < 4.78 is 0. The molecule has 0 spiro atoms. The summed E-state index contributed by atoms with van der Waals surface area (Å²) in [6, 6.07) is 26.0. The Balaban J connectivity index is 1.34. The molecule has 1 amide bonds. The number of aliphatic imine (C=N–C) groups is 1. The van der Waals surface area contributed by atoms with E-state index in [-0.39, 0.29) is 5.91 Å². The van der Waals surface area contributed by atoms with Gasteiger partial charge >= 0.3 is 0 Å². The third-order valence-corrected chi connectivity index (χ3v) is 5.75. The van der Waals surface area contributed by atoms with E-state index in [1.807, 2.05) is 73.8 Å². The Hall–Kier alpha value is -3.25. The summed E-state index contributed by atoms with van der Waals surface area (Å²) in [4.78, 5) is 21.0. The minimum atomic E-state index is 0.0225. The molecule has 0 aliphatic carbocycles. The van der Waals surface area contributed by atoms with Gasteiger partial charge in [0.1, 0.15) is 0 Å². The maximum atomic E-state index is 12.7. The van der Waals surface area contributed by atoms with Gasteiger partial charge in [-0.1, -0.05) is 42.1 Å². The fourth-order valence-corrected chi connectivity index (χ4v) is 3.99. The molecule has 1 aliphatic heterocycles. The molecule has 0 radical (unpaired) electrons. The molecule has 6 heteroatoms. The zero-order valence-corrected chi connectivity index (χ0v) is 17.7. The van der Waals surface area contributed by atoms with Gasteiger partial charge in [0.25, 0.3) is 5.91 Å². The van der Waals surface area contributed by atoms with Crippen molar-refractivity contribution in [1.82, 2.24) is 10.2 Å². The molecule has 30 heavy (non-hydrogen) atoms. The number of carbonyl (C=O) groups is 1. The number of hydrogen-bond acceptors (Lipinski definition) is 5. The summed E-state index contributed by atoms with van der Waals surface area (Å²) in [6.45, 7) is 2.30. The van der Waals surface area contributed by atoms with Crippen LogP contribution in [0, 0.1) is 0 Å². The highest BCUT2D eigenvalue weighted by Crippen LogP contribution is 2.29. The first kappa shape index (κ1) is 20.0. The van der Waals surface area contributed by atoms with Crippen LogP contribution in [0.5, 0.6) is 0 Å². The first-order valence-electron chi connectivity index (χ1n) is 9.90. The molecule has 0 atom stereocenters. The van der Waals surface area contributed by atoms with E-state index < -0.39 is 0 Å². The van der Waals surface area contributed by atoms with E-state index in [2.05, 4.69) is 27.8 Å². The van der Waals surface area contributed by atoms with Crippen LogP contribution in [-0.2, 0) is 6.54 Å². The number of nitrogens with one attached hydrogen (secondary N) is 2. The summed E-state index contributed by atoms with van der Waals surface area (Å²) in [5.41, 5.74) is 2.83. The zero-order valence-electron chi connectivity index (χ0n) is 16.8. The van der Waals surface area contributed by atoms with Crippen LogP contribution in [0.15, 0.2) is 93.6 Å². The lowest BCUT2D eigenvalue weighted by Crippen LogP contribution is -2.26. The first-order chi connectivity index (χ1) is 14.7. The summed E-state index contributed by atoms with van der Waals surface area (Å²) in [5, 5.41) is 6.47. The molecular formula is C24H24N4OS. The first-order valence-corrected chi connectivity index (χ1v) is 10.7.